The zero-order valence-corrected chi connectivity index (χ0v) is 16.3. The Bertz CT molecular complexity index is 969. The number of likely N-dealkylation sites (N-methyl/N-ethyl adjacent to an activating group) is 1. The lowest BCUT2D eigenvalue weighted by molar-refractivity contribution is -0.134. The summed E-state index contributed by atoms with van der Waals surface area (Å²) in [5.74, 6) is -0.0781. The molecular weight excluding hydrogens is 369 g/mol. The van der Waals surface area contributed by atoms with E-state index < -0.39 is 0 Å². The average molecular weight is 391 g/mol. The molecule has 29 heavy (non-hydrogen) atoms. The second-order valence-corrected chi connectivity index (χ2v) is 6.74. The Morgan fingerprint density at radius 2 is 1.48 bits per heavy atom. The van der Waals surface area contributed by atoms with Gasteiger partial charge in [-0.2, -0.15) is 0 Å². The highest BCUT2D eigenvalue weighted by atomic mass is 19.1. The molecule has 4 nitrogen and oxygen atoms in total. The van der Waals surface area contributed by atoms with Crippen molar-refractivity contribution in [1.82, 2.24) is 4.90 Å². The molecule has 0 N–H and O–H groups in total. The van der Waals surface area contributed by atoms with Crippen molar-refractivity contribution in [2.24, 2.45) is 0 Å². The summed E-state index contributed by atoms with van der Waals surface area (Å²) in [6.45, 7) is 1.74. The van der Waals surface area contributed by atoms with E-state index in [1.807, 2.05) is 25.1 Å². The third-order valence-electron chi connectivity index (χ3n) is 4.84. The van der Waals surface area contributed by atoms with Crippen LogP contribution in [0.5, 0.6) is 5.75 Å². The molecule has 3 aromatic carbocycles. The quantitative estimate of drug-likeness (QED) is 0.551. The fourth-order valence-electron chi connectivity index (χ4n) is 2.89. The van der Waals surface area contributed by atoms with E-state index in [1.165, 1.54) is 12.1 Å². The monoisotopic (exact) mass is 391 g/mol. The summed E-state index contributed by atoms with van der Waals surface area (Å²) in [7, 11) is 1.68. The molecule has 0 fully saturated rings. The van der Waals surface area contributed by atoms with Gasteiger partial charge in [0.15, 0.2) is 12.4 Å². The Morgan fingerprint density at radius 3 is 2.10 bits per heavy atom. The van der Waals surface area contributed by atoms with Crippen molar-refractivity contribution >= 4 is 11.7 Å². The van der Waals surface area contributed by atoms with Crippen molar-refractivity contribution in [1.29, 1.82) is 0 Å². The van der Waals surface area contributed by atoms with Crippen LogP contribution in [0.15, 0.2) is 78.9 Å². The Kier molecular flexibility index (Phi) is 6.39. The van der Waals surface area contributed by atoms with Crippen LogP contribution >= 0.6 is 0 Å². The standard InChI is InChI=1S/C24H22FNO3/c1-17(18-8-12-21(25)13-9-18)26(2)23(27)16-29-22-14-10-20(11-15-22)24(28)19-6-4-3-5-7-19/h3-15,17H,16H2,1-2H3. The van der Waals surface area contributed by atoms with Crippen LogP contribution in [0, 0.1) is 5.82 Å². The summed E-state index contributed by atoms with van der Waals surface area (Å²) < 4.78 is 18.6. The number of rotatable bonds is 7. The van der Waals surface area contributed by atoms with E-state index in [9.17, 15) is 14.0 Å². The highest BCUT2D eigenvalue weighted by Gasteiger charge is 2.18. The first kappa shape index (κ1) is 20.3. The van der Waals surface area contributed by atoms with Crippen molar-refractivity contribution in [2.45, 2.75) is 13.0 Å². The largest absolute Gasteiger partial charge is 0.484 e. The maximum Gasteiger partial charge on any atom is 0.260 e. The van der Waals surface area contributed by atoms with Gasteiger partial charge in [0.1, 0.15) is 11.6 Å². The lowest BCUT2D eigenvalue weighted by atomic mass is 10.0. The van der Waals surface area contributed by atoms with E-state index in [4.69, 9.17) is 4.74 Å². The number of benzene rings is 3. The van der Waals surface area contributed by atoms with Gasteiger partial charge in [-0.3, -0.25) is 9.59 Å². The molecule has 0 heterocycles. The number of hydrogen-bond acceptors (Lipinski definition) is 3. The first-order valence-corrected chi connectivity index (χ1v) is 9.29. The van der Waals surface area contributed by atoms with Crippen molar-refractivity contribution in [3.8, 4) is 5.75 Å². The van der Waals surface area contributed by atoms with Gasteiger partial charge >= 0.3 is 0 Å². The lowest BCUT2D eigenvalue weighted by Gasteiger charge is -2.25. The predicted octanol–water partition coefficient (Wildman–Crippen LogP) is 4.66. The Labute approximate surface area is 169 Å². The van der Waals surface area contributed by atoms with Crippen LogP contribution in [0.3, 0.4) is 0 Å². The van der Waals surface area contributed by atoms with E-state index in [2.05, 4.69) is 0 Å². The van der Waals surface area contributed by atoms with Gasteiger partial charge in [0, 0.05) is 18.2 Å². The molecule has 0 spiro atoms. The first-order chi connectivity index (χ1) is 14.0. The zero-order chi connectivity index (χ0) is 20.8. The Hall–Kier alpha value is -3.47. The summed E-state index contributed by atoms with van der Waals surface area (Å²) in [5.41, 5.74) is 2.01. The second-order valence-electron chi connectivity index (χ2n) is 6.74. The molecule has 0 saturated heterocycles. The fraction of sp³-hybridized carbons (Fsp3) is 0.167. The molecule has 5 heteroatoms. The van der Waals surface area contributed by atoms with Crippen molar-refractivity contribution in [3.63, 3.8) is 0 Å². The van der Waals surface area contributed by atoms with E-state index >= 15 is 0 Å². The summed E-state index contributed by atoms with van der Waals surface area (Å²) in [6, 6.07) is 21.6. The van der Waals surface area contributed by atoms with E-state index in [-0.39, 0.29) is 30.2 Å². The SMILES string of the molecule is CC(c1ccc(F)cc1)N(C)C(=O)COc1ccc(C(=O)c2ccccc2)cc1. The Morgan fingerprint density at radius 1 is 0.897 bits per heavy atom. The summed E-state index contributed by atoms with van der Waals surface area (Å²) in [4.78, 5) is 26.4. The third kappa shape index (κ3) is 5.08. The van der Waals surface area contributed by atoms with Crippen molar-refractivity contribution < 1.29 is 18.7 Å². The molecule has 3 rings (SSSR count). The second kappa shape index (κ2) is 9.15. The van der Waals surface area contributed by atoms with Crippen LogP contribution in [0.2, 0.25) is 0 Å². The number of nitrogens with zero attached hydrogens (tertiary/aromatic N) is 1. The maximum atomic E-state index is 13.1. The first-order valence-electron chi connectivity index (χ1n) is 9.29. The van der Waals surface area contributed by atoms with Crippen molar-refractivity contribution in [3.05, 3.63) is 101 Å². The van der Waals surface area contributed by atoms with Crippen LogP contribution < -0.4 is 4.74 Å². The minimum absolute atomic E-state index is 0.0684. The third-order valence-corrected chi connectivity index (χ3v) is 4.84. The van der Waals surface area contributed by atoms with E-state index in [0.29, 0.717) is 16.9 Å². The van der Waals surface area contributed by atoms with Gasteiger partial charge in [-0.15, -0.1) is 0 Å². The van der Waals surface area contributed by atoms with Crippen LogP contribution in [0.4, 0.5) is 4.39 Å². The van der Waals surface area contributed by atoms with Gasteiger partial charge in [-0.25, -0.2) is 4.39 Å². The maximum absolute atomic E-state index is 13.1. The van der Waals surface area contributed by atoms with Gasteiger partial charge in [0.05, 0.1) is 6.04 Å². The Balaban J connectivity index is 1.57. The predicted molar refractivity (Wildman–Crippen MR) is 109 cm³/mol. The summed E-state index contributed by atoms with van der Waals surface area (Å²) >= 11 is 0. The molecule has 0 bridgehead atoms. The van der Waals surface area contributed by atoms with E-state index in [1.54, 1.807) is 60.5 Å². The highest BCUT2D eigenvalue weighted by Crippen LogP contribution is 2.20. The molecule has 1 amide bonds. The number of halogens is 1. The minimum atomic E-state index is -0.313. The van der Waals surface area contributed by atoms with Gasteiger partial charge in [-0.1, -0.05) is 42.5 Å². The molecular formula is C24H22FNO3. The summed E-state index contributed by atoms with van der Waals surface area (Å²) in [6.07, 6.45) is 0. The molecule has 0 aliphatic carbocycles. The fourth-order valence-corrected chi connectivity index (χ4v) is 2.89. The van der Waals surface area contributed by atoms with Gasteiger partial charge in [-0.05, 0) is 48.9 Å². The van der Waals surface area contributed by atoms with Crippen LogP contribution in [0.1, 0.15) is 34.5 Å². The zero-order valence-electron chi connectivity index (χ0n) is 16.3. The number of carbonyl (C=O) groups is 2. The number of hydrogen-bond donors (Lipinski definition) is 0. The van der Waals surface area contributed by atoms with Crippen molar-refractivity contribution in [2.75, 3.05) is 13.7 Å². The highest BCUT2D eigenvalue weighted by molar-refractivity contribution is 6.08. The van der Waals surface area contributed by atoms with Crippen LogP contribution in [0.25, 0.3) is 0 Å². The molecule has 1 atom stereocenters. The number of carbonyl (C=O) groups excluding carboxylic acids is 2. The molecule has 0 aromatic heterocycles. The molecule has 0 aliphatic heterocycles. The normalized spacial score (nSPS) is 11.6. The van der Waals surface area contributed by atoms with Gasteiger partial charge < -0.3 is 9.64 Å². The van der Waals surface area contributed by atoms with E-state index in [0.717, 1.165) is 5.56 Å². The van der Waals surface area contributed by atoms with Crippen LogP contribution in [-0.4, -0.2) is 30.2 Å². The lowest BCUT2D eigenvalue weighted by Crippen LogP contribution is -2.33. The number of amides is 1. The smallest absolute Gasteiger partial charge is 0.260 e. The molecule has 148 valence electrons. The number of ether oxygens (including phenoxy) is 1. The topological polar surface area (TPSA) is 46.6 Å². The average Bonchev–Trinajstić information content (AvgIpc) is 2.77. The molecule has 1 unspecified atom stereocenters. The number of ketones is 1. The summed E-state index contributed by atoms with van der Waals surface area (Å²) in [5, 5.41) is 0. The molecule has 0 aliphatic rings. The molecule has 0 radical (unpaired) electrons. The van der Waals surface area contributed by atoms with Crippen LogP contribution in [-0.2, 0) is 4.79 Å². The van der Waals surface area contributed by atoms with Gasteiger partial charge in [0.2, 0.25) is 0 Å². The molecule has 0 saturated carbocycles. The van der Waals surface area contributed by atoms with Gasteiger partial charge in [0.25, 0.3) is 5.91 Å². The molecule has 3 aromatic rings. The minimum Gasteiger partial charge on any atom is -0.484 e.